The van der Waals surface area contributed by atoms with Crippen LogP contribution in [0.4, 0.5) is 8.78 Å². The molecule has 2 unspecified atom stereocenters. The van der Waals surface area contributed by atoms with Crippen LogP contribution in [0.1, 0.15) is 30.6 Å². The molecule has 1 aliphatic heterocycles. The molecule has 0 bridgehead atoms. The minimum absolute atomic E-state index is 0.122. The predicted molar refractivity (Wildman–Crippen MR) is 73.9 cm³/mol. The van der Waals surface area contributed by atoms with Crippen LogP contribution in [0, 0.1) is 11.6 Å². The number of piperazine rings is 1. The summed E-state index contributed by atoms with van der Waals surface area (Å²) < 4.78 is 26.6. The van der Waals surface area contributed by atoms with Crippen LogP contribution in [0.2, 0.25) is 0 Å². The Morgan fingerprint density at radius 1 is 1.48 bits per heavy atom. The fraction of sp³-hybridized carbons (Fsp3) is 0.467. The number of halogens is 2. The first kappa shape index (κ1) is 15.6. The van der Waals surface area contributed by atoms with E-state index < -0.39 is 29.5 Å². The van der Waals surface area contributed by atoms with E-state index in [-0.39, 0.29) is 11.5 Å². The lowest BCUT2D eigenvalue weighted by molar-refractivity contribution is -0.129. The standard InChI is InChI=1S/C15H18F2N2O2/c1-3-13-15(21)18-6-7-19(13)9(2)14(20)11-5-4-10(16)8-12(11)17/h4-5,8-9,13H,3,6-7H2,1-2H3,(H,18,21). The molecule has 2 rings (SSSR count). The Morgan fingerprint density at radius 2 is 2.19 bits per heavy atom. The number of ketones is 1. The molecule has 2 atom stereocenters. The lowest BCUT2D eigenvalue weighted by atomic mass is 9.99. The number of carbonyl (C=O) groups excluding carboxylic acids is 2. The van der Waals surface area contributed by atoms with Crippen molar-refractivity contribution in [3.8, 4) is 0 Å². The van der Waals surface area contributed by atoms with Crippen LogP contribution in [-0.4, -0.2) is 41.8 Å². The molecule has 0 aliphatic carbocycles. The topological polar surface area (TPSA) is 49.4 Å². The van der Waals surface area contributed by atoms with E-state index in [4.69, 9.17) is 0 Å². The number of carbonyl (C=O) groups is 2. The number of amides is 1. The van der Waals surface area contributed by atoms with Crippen molar-refractivity contribution in [2.45, 2.75) is 32.4 Å². The van der Waals surface area contributed by atoms with Gasteiger partial charge in [0.15, 0.2) is 5.78 Å². The molecule has 1 aliphatic rings. The van der Waals surface area contributed by atoms with Gasteiger partial charge in [0.05, 0.1) is 17.6 Å². The molecule has 0 saturated carbocycles. The third-order valence-corrected chi connectivity index (χ3v) is 3.83. The fourth-order valence-corrected chi connectivity index (χ4v) is 2.68. The van der Waals surface area contributed by atoms with Gasteiger partial charge in [-0.25, -0.2) is 8.78 Å². The van der Waals surface area contributed by atoms with Crippen LogP contribution in [0.25, 0.3) is 0 Å². The van der Waals surface area contributed by atoms with Crippen molar-refractivity contribution in [3.05, 3.63) is 35.4 Å². The molecule has 21 heavy (non-hydrogen) atoms. The number of hydrogen-bond acceptors (Lipinski definition) is 3. The molecule has 114 valence electrons. The van der Waals surface area contributed by atoms with Crippen molar-refractivity contribution in [1.29, 1.82) is 0 Å². The molecule has 0 radical (unpaired) electrons. The second-order valence-electron chi connectivity index (χ2n) is 5.12. The maximum Gasteiger partial charge on any atom is 0.237 e. The molecule has 1 amide bonds. The Hall–Kier alpha value is -1.82. The van der Waals surface area contributed by atoms with E-state index in [1.807, 2.05) is 6.92 Å². The van der Waals surface area contributed by atoms with Crippen LogP contribution in [0.3, 0.4) is 0 Å². The number of nitrogens with one attached hydrogen (secondary N) is 1. The molecule has 1 heterocycles. The van der Waals surface area contributed by atoms with Crippen molar-refractivity contribution in [1.82, 2.24) is 10.2 Å². The second-order valence-corrected chi connectivity index (χ2v) is 5.12. The number of rotatable bonds is 4. The second kappa shape index (κ2) is 6.30. The van der Waals surface area contributed by atoms with Crippen molar-refractivity contribution in [2.75, 3.05) is 13.1 Å². The highest BCUT2D eigenvalue weighted by atomic mass is 19.1. The highest BCUT2D eigenvalue weighted by Crippen LogP contribution is 2.18. The van der Waals surface area contributed by atoms with E-state index in [0.29, 0.717) is 25.6 Å². The van der Waals surface area contributed by atoms with Crippen LogP contribution in [0.15, 0.2) is 18.2 Å². The first-order valence-electron chi connectivity index (χ1n) is 6.98. The van der Waals surface area contributed by atoms with Gasteiger partial charge in [0.2, 0.25) is 5.91 Å². The third-order valence-electron chi connectivity index (χ3n) is 3.83. The van der Waals surface area contributed by atoms with Gasteiger partial charge < -0.3 is 5.32 Å². The lowest BCUT2D eigenvalue weighted by Crippen LogP contribution is -2.59. The third kappa shape index (κ3) is 3.10. The monoisotopic (exact) mass is 296 g/mol. The SMILES string of the molecule is CCC1C(=O)NCCN1C(C)C(=O)c1ccc(F)cc1F. The Bertz CT molecular complexity index is 563. The Morgan fingerprint density at radius 3 is 2.81 bits per heavy atom. The zero-order valence-corrected chi connectivity index (χ0v) is 12.0. The summed E-state index contributed by atoms with van der Waals surface area (Å²) in [5.74, 6) is -2.16. The van der Waals surface area contributed by atoms with E-state index in [1.54, 1.807) is 11.8 Å². The maximum atomic E-state index is 13.7. The summed E-state index contributed by atoms with van der Waals surface area (Å²) in [6.07, 6.45) is 0.565. The van der Waals surface area contributed by atoms with Gasteiger partial charge in [0, 0.05) is 19.2 Å². The zero-order chi connectivity index (χ0) is 15.6. The first-order valence-corrected chi connectivity index (χ1v) is 6.98. The minimum Gasteiger partial charge on any atom is -0.353 e. The summed E-state index contributed by atoms with van der Waals surface area (Å²) in [6, 6.07) is 1.86. The summed E-state index contributed by atoms with van der Waals surface area (Å²) in [4.78, 5) is 26.0. The van der Waals surface area contributed by atoms with Crippen molar-refractivity contribution < 1.29 is 18.4 Å². The summed E-state index contributed by atoms with van der Waals surface area (Å²) in [7, 11) is 0. The molecule has 1 aromatic carbocycles. The maximum absolute atomic E-state index is 13.7. The zero-order valence-electron chi connectivity index (χ0n) is 12.0. The fourth-order valence-electron chi connectivity index (χ4n) is 2.68. The van der Waals surface area contributed by atoms with E-state index in [2.05, 4.69) is 5.32 Å². The van der Waals surface area contributed by atoms with Crippen molar-refractivity contribution in [2.24, 2.45) is 0 Å². The van der Waals surface area contributed by atoms with Crippen LogP contribution >= 0.6 is 0 Å². The van der Waals surface area contributed by atoms with Crippen molar-refractivity contribution >= 4 is 11.7 Å². The van der Waals surface area contributed by atoms with Gasteiger partial charge in [-0.3, -0.25) is 14.5 Å². The molecule has 0 aromatic heterocycles. The normalized spacial score (nSPS) is 21.0. The Labute approximate surface area is 122 Å². The van der Waals surface area contributed by atoms with Gasteiger partial charge in [-0.05, 0) is 25.5 Å². The van der Waals surface area contributed by atoms with E-state index in [9.17, 15) is 18.4 Å². The molecule has 4 nitrogen and oxygen atoms in total. The van der Waals surface area contributed by atoms with E-state index >= 15 is 0 Å². The number of nitrogens with zero attached hydrogens (tertiary/aromatic N) is 1. The summed E-state index contributed by atoms with van der Waals surface area (Å²) in [5, 5.41) is 2.75. The van der Waals surface area contributed by atoms with Gasteiger partial charge >= 0.3 is 0 Å². The predicted octanol–water partition coefficient (Wildman–Crippen LogP) is 1.75. The van der Waals surface area contributed by atoms with Gasteiger partial charge in [-0.15, -0.1) is 0 Å². The quantitative estimate of drug-likeness (QED) is 0.861. The Balaban J connectivity index is 2.23. The van der Waals surface area contributed by atoms with Gasteiger partial charge in [0.25, 0.3) is 0 Å². The largest absolute Gasteiger partial charge is 0.353 e. The minimum atomic E-state index is -0.874. The van der Waals surface area contributed by atoms with Gasteiger partial charge in [-0.1, -0.05) is 6.92 Å². The molecule has 1 N–H and O–H groups in total. The molecule has 6 heteroatoms. The number of hydrogen-bond donors (Lipinski definition) is 1. The van der Waals surface area contributed by atoms with Crippen molar-refractivity contribution in [3.63, 3.8) is 0 Å². The van der Waals surface area contributed by atoms with Gasteiger partial charge in [0.1, 0.15) is 11.6 Å². The van der Waals surface area contributed by atoms with Crippen LogP contribution in [0.5, 0.6) is 0 Å². The van der Waals surface area contributed by atoms with E-state index in [1.165, 1.54) is 0 Å². The molecule has 0 spiro atoms. The smallest absolute Gasteiger partial charge is 0.237 e. The summed E-state index contributed by atoms with van der Waals surface area (Å²) in [6.45, 7) is 4.49. The molecule has 1 aromatic rings. The molecule has 1 fully saturated rings. The average Bonchev–Trinajstić information content (AvgIpc) is 2.45. The molecule has 1 saturated heterocycles. The number of benzene rings is 1. The van der Waals surface area contributed by atoms with E-state index in [0.717, 1.165) is 12.1 Å². The summed E-state index contributed by atoms with van der Waals surface area (Å²) >= 11 is 0. The average molecular weight is 296 g/mol. The highest BCUT2D eigenvalue weighted by Gasteiger charge is 2.35. The Kier molecular flexibility index (Phi) is 4.67. The highest BCUT2D eigenvalue weighted by molar-refractivity contribution is 6.00. The van der Waals surface area contributed by atoms with Crippen LogP contribution < -0.4 is 5.32 Å². The van der Waals surface area contributed by atoms with Crippen LogP contribution in [-0.2, 0) is 4.79 Å². The molecular weight excluding hydrogens is 278 g/mol. The lowest BCUT2D eigenvalue weighted by Gasteiger charge is -2.38. The summed E-state index contributed by atoms with van der Waals surface area (Å²) in [5.41, 5.74) is -0.148. The first-order chi connectivity index (χ1) is 9.95. The molecular formula is C15H18F2N2O2. The number of Topliss-reactive ketones (excluding diaryl/α,β-unsaturated/α-hetero) is 1. The van der Waals surface area contributed by atoms with Gasteiger partial charge in [-0.2, -0.15) is 0 Å².